The smallest absolute Gasteiger partial charge is 0.0259 e. The Labute approximate surface area is 121 Å². The summed E-state index contributed by atoms with van der Waals surface area (Å²) < 4.78 is 0. The molecule has 1 unspecified atom stereocenters. The molecule has 0 fully saturated rings. The first-order valence-electron chi connectivity index (χ1n) is 7.76. The molecule has 0 aliphatic carbocycles. The van der Waals surface area contributed by atoms with Crippen molar-refractivity contribution in [3.8, 4) is 0 Å². The van der Waals surface area contributed by atoms with E-state index in [4.69, 9.17) is 0 Å². The van der Waals surface area contributed by atoms with Gasteiger partial charge in [0.1, 0.15) is 0 Å². The summed E-state index contributed by atoms with van der Waals surface area (Å²) in [4.78, 5) is 0. The molecule has 110 valence electrons. The first-order valence-corrected chi connectivity index (χ1v) is 7.76. The Morgan fingerprint density at radius 3 is 1.63 bits per heavy atom. The SMILES string of the molecule is CC=CCC(C)(C)CC=CCC(C)(CC)CC=CC. The predicted molar refractivity (Wildman–Crippen MR) is 89.4 cm³/mol. The van der Waals surface area contributed by atoms with Crippen LogP contribution < -0.4 is 0 Å². The average molecular weight is 262 g/mol. The van der Waals surface area contributed by atoms with Gasteiger partial charge in [0.15, 0.2) is 0 Å². The van der Waals surface area contributed by atoms with Crippen LogP contribution in [0.15, 0.2) is 36.5 Å². The van der Waals surface area contributed by atoms with E-state index in [0.717, 1.165) is 6.42 Å². The molecule has 0 heterocycles. The van der Waals surface area contributed by atoms with E-state index in [-0.39, 0.29) is 0 Å². The summed E-state index contributed by atoms with van der Waals surface area (Å²) in [6.07, 6.45) is 19.6. The molecule has 0 aromatic heterocycles. The van der Waals surface area contributed by atoms with E-state index in [1.165, 1.54) is 25.7 Å². The zero-order valence-electron chi connectivity index (χ0n) is 14.0. The Bertz CT molecular complexity index is 304. The van der Waals surface area contributed by atoms with Gasteiger partial charge in [0.2, 0.25) is 0 Å². The summed E-state index contributed by atoms with van der Waals surface area (Å²) in [6, 6.07) is 0. The van der Waals surface area contributed by atoms with Gasteiger partial charge in [-0.2, -0.15) is 0 Å². The van der Waals surface area contributed by atoms with Crippen molar-refractivity contribution in [1.82, 2.24) is 0 Å². The van der Waals surface area contributed by atoms with Crippen LogP contribution in [0.1, 0.15) is 73.6 Å². The van der Waals surface area contributed by atoms with Gasteiger partial charge in [0.25, 0.3) is 0 Å². The van der Waals surface area contributed by atoms with Crippen LogP contribution in [0.5, 0.6) is 0 Å². The minimum absolute atomic E-state index is 0.384. The number of hydrogen-bond donors (Lipinski definition) is 0. The van der Waals surface area contributed by atoms with Crippen molar-refractivity contribution >= 4 is 0 Å². The third-order valence-corrected chi connectivity index (χ3v) is 4.05. The summed E-state index contributed by atoms with van der Waals surface area (Å²) in [6.45, 7) is 13.6. The highest BCUT2D eigenvalue weighted by atomic mass is 14.2. The first kappa shape index (κ1) is 18.2. The maximum absolute atomic E-state index is 2.39. The highest BCUT2D eigenvalue weighted by Gasteiger charge is 2.19. The molecule has 0 N–H and O–H groups in total. The quantitative estimate of drug-likeness (QED) is 0.406. The third kappa shape index (κ3) is 8.86. The fourth-order valence-electron chi connectivity index (χ4n) is 2.06. The maximum Gasteiger partial charge on any atom is -0.0259 e. The molecule has 0 saturated heterocycles. The van der Waals surface area contributed by atoms with Crippen molar-refractivity contribution in [2.75, 3.05) is 0 Å². The van der Waals surface area contributed by atoms with Crippen LogP contribution in [-0.2, 0) is 0 Å². The zero-order valence-corrected chi connectivity index (χ0v) is 14.0. The van der Waals surface area contributed by atoms with Gasteiger partial charge in [0, 0.05) is 0 Å². The molecule has 0 aliphatic heterocycles. The summed E-state index contributed by atoms with van der Waals surface area (Å²) >= 11 is 0. The van der Waals surface area contributed by atoms with Crippen molar-refractivity contribution in [3.05, 3.63) is 36.5 Å². The Kier molecular flexibility index (Phi) is 8.80. The fourth-order valence-corrected chi connectivity index (χ4v) is 2.06. The zero-order chi connectivity index (χ0) is 14.8. The maximum atomic E-state index is 2.39. The Hall–Kier alpha value is -0.780. The van der Waals surface area contributed by atoms with Crippen molar-refractivity contribution in [3.63, 3.8) is 0 Å². The molecule has 0 aromatic rings. The van der Waals surface area contributed by atoms with E-state index in [1.807, 2.05) is 0 Å². The van der Waals surface area contributed by atoms with Crippen molar-refractivity contribution in [2.45, 2.75) is 73.6 Å². The second-order valence-corrected chi connectivity index (χ2v) is 6.75. The van der Waals surface area contributed by atoms with Gasteiger partial charge >= 0.3 is 0 Å². The largest absolute Gasteiger partial charge is 0.0916 e. The highest BCUT2D eigenvalue weighted by Crippen LogP contribution is 2.32. The monoisotopic (exact) mass is 262 g/mol. The second kappa shape index (κ2) is 9.18. The first-order chi connectivity index (χ1) is 8.89. The molecule has 0 nitrogen and oxygen atoms in total. The van der Waals surface area contributed by atoms with Crippen LogP contribution in [0.2, 0.25) is 0 Å². The number of allylic oxidation sites excluding steroid dienone is 6. The van der Waals surface area contributed by atoms with E-state index in [1.54, 1.807) is 0 Å². The van der Waals surface area contributed by atoms with E-state index < -0.39 is 0 Å². The lowest BCUT2D eigenvalue weighted by molar-refractivity contribution is 0.317. The van der Waals surface area contributed by atoms with Crippen molar-refractivity contribution in [1.29, 1.82) is 0 Å². The Morgan fingerprint density at radius 1 is 0.684 bits per heavy atom. The minimum atomic E-state index is 0.384. The standard InChI is InChI=1S/C19H34/c1-7-10-14-18(4,5)15-12-13-17-19(6,9-3)16-11-8-2/h7-8,10-13H,9,14-17H2,1-6H3. The van der Waals surface area contributed by atoms with Crippen LogP contribution >= 0.6 is 0 Å². The molecule has 0 spiro atoms. The van der Waals surface area contributed by atoms with Crippen molar-refractivity contribution in [2.24, 2.45) is 10.8 Å². The van der Waals surface area contributed by atoms with Crippen LogP contribution in [-0.4, -0.2) is 0 Å². The van der Waals surface area contributed by atoms with E-state index >= 15 is 0 Å². The van der Waals surface area contributed by atoms with Crippen LogP contribution in [0.3, 0.4) is 0 Å². The molecular weight excluding hydrogens is 228 g/mol. The van der Waals surface area contributed by atoms with Gasteiger partial charge in [-0.05, 0) is 50.4 Å². The number of rotatable bonds is 9. The molecule has 0 rings (SSSR count). The van der Waals surface area contributed by atoms with Gasteiger partial charge in [-0.25, -0.2) is 0 Å². The molecule has 0 saturated carbocycles. The average Bonchev–Trinajstić information content (AvgIpc) is 2.39. The highest BCUT2D eigenvalue weighted by molar-refractivity contribution is 4.96. The lowest BCUT2D eigenvalue weighted by Gasteiger charge is -2.26. The lowest BCUT2D eigenvalue weighted by atomic mass is 9.80. The summed E-state index contributed by atoms with van der Waals surface area (Å²) in [5, 5.41) is 0. The van der Waals surface area contributed by atoms with Gasteiger partial charge < -0.3 is 0 Å². The second-order valence-electron chi connectivity index (χ2n) is 6.75. The molecule has 0 amide bonds. The fraction of sp³-hybridized carbons (Fsp3) is 0.684. The summed E-state index contributed by atoms with van der Waals surface area (Å²) in [7, 11) is 0. The van der Waals surface area contributed by atoms with Crippen LogP contribution in [0.4, 0.5) is 0 Å². The summed E-state index contributed by atoms with van der Waals surface area (Å²) in [5.74, 6) is 0. The third-order valence-electron chi connectivity index (χ3n) is 4.05. The normalized spacial score (nSPS) is 16.7. The predicted octanol–water partition coefficient (Wildman–Crippen LogP) is 6.70. The lowest BCUT2D eigenvalue weighted by Crippen LogP contribution is -2.13. The van der Waals surface area contributed by atoms with Gasteiger partial charge in [-0.1, -0.05) is 70.6 Å². The topological polar surface area (TPSA) is 0 Å². The molecule has 0 aromatic carbocycles. The Morgan fingerprint density at radius 2 is 1.11 bits per heavy atom. The van der Waals surface area contributed by atoms with E-state index in [9.17, 15) is 0 Å². The van der Waals surface area contributed by atoms with Crippen LogP contribution in [0.25, 0.3) is 0 Å². The molecule has 19 heavy (non-hydrogen) atoms. The van der Waals surface area contributed by atoms with Gasteiger partial charge in [-0.15, -0.1) is 0 Å². The molecule has 0 heteroatoms. The summed E-state index contributed by atoms with van der Waals surface area (Å²) in [5.41, 5.74) is 0.811. The minimum Gasteiger partial charge on any atom is -0.0916 e. The Balaban J connectivity index is 4.26. The molecule has 0 radical (unpaired) electrons. The number of hydrogen-bond acceptors (Lipinski definition) is 0. The van der Waals surface area contributed by atoms with E-state index in [0.29, 0.717) is 10.8 Å². The van der Waals surface area contributed by atoms with Crippen molar-refractivity contribution < 1.29 is 0 Å². The molecule has 1 atom stereocenters. The van der Waals surface area contributed by atoms with Crippen LogP contribution in [0, 0.1) is 10.8 Å². The molecule has 0 aliphatic rings. The van der Waals surface area contributed by atoms with E-state index in [2.05, 4.69) is 78.0 Å². The van der Waals surface area contributed by atoms with Gasteiger partial charge in [-0.3, -0.25) is 0 Å². The molecule has 0 bridgehead atoms. The molecular formula is C19H34. The van der Waals surface area contributed by atoms with Gasteiger partial charge in [0.05, 0.1) is 0 Å².